The van der Waals surface area contributed by atoms with E-state index in [1.165, 1.54) is 29.7 Å². The first-order valence-corrected chi connectivity index (χ1v) is 10.8. The lowest BCUT2D eigenvalue weighted by Gasteiger charge is -2.27. The van der Waals surface area contributed by atoms with Crippen LogP contribution in [-0.2, 0) is 19.1 Å². The van der Waals surface area contributed by atoms with Gasteiger partial charge < -0.3 is 10.2 Å². The van der Waals surface area contributed by atoms with E-state index in [1.54, 1.807) is 33.4 Å². The Morgan fingerprint density at radius 2 is 2.00 bits per heavy atom. The number of carbonyl (C=O) groups is 2. The second-order valence-electron chi connectivity index (χ2n) is 7.52. The summed E-state index contributed by atoms with van der Waals surface area (Å²) in [6.07, 6.45) is 2.31. The van der Waals surface area contributed by atoms with E-state index >= 15 is 0 Å². The Morgan fingerprint density at radius 3 is 2.82 bits per heavy atom. The number of aromatic nitrogens is 3. The summed E-state index contributed by atoms with van der Waals surface area (Å²) in [7, 11) is 0. The number of amides is 2. The molecule has 1 N–H and O–H groups in total. The van der Waals surface area contributed by atoms with Crippen molar-refractivity contribution in [2.24, 2.45) is 0 Å². The molecule has 2 amide bonds. The van der Waals surface area contributed by atoms with Crippen molar-refractivity contribution in [3.8, 4) is 0 Å². The van der Waals surface area contributed by atoms with E-state index in [4.69, 9.17) is 0 Å². The summed E-state index contributed by atoms with van der Waals surface area (Å²) in [4.78, 5) is 32.4. The lowest BCUT2D eigenvalue weighted by atomic mass is 10.0. The topological polar surface area (TPSA) is 79.6 Å². The molecule has 33 heavy (non-hydrogen) atoms. The van der Waals surface area contributed by atoms with Crippen LogP contribution in [0.25, 0.3) is 5.52 Å². The third kappa shape index (κ3) is 3.95. The van der Waals surface area contributed by atoms with Crippen molar-refractivity contribution in [3.63, 3.8) is 0 Å². The fourth-order valence-electron chi connectivity index (χ4n) is 3.83. The fraction of sp³-hybridized carbons (Fsp3) is 0.182. The molecule has 0 bridgehead atoms. The number of anilines is 1. The van der Waals surface area contributed by atoms with E-state index in [0.29, 0.717) is 36.2 Å². The predicted molar refractivity (Wildman–Crippen MR) is 115 cm³/mol. The van der Waals surface area contributed by atoms with Gasteiger partial charge in [0, 0.05) is 34.9 Å². The van der Waals surface area contributed by atoms with Gasteiger partial charge >= 0.3 is 6.18 Å². The number of thiophene rings is 1. The van der Waals surface area contributed by atoms with Gasteiger partial charge in [0.25, 0.3) is 11.8 Å². The lowest BCUT2D eigenvalue weighted by molar-refractivity contribution is -0.137. The van der Waals surface area contributed by atoms with E-state index in [9.17, 15) is 22.8 Å². The molecule has 0 fully saturated rings. The minimum atomic E-state index is -4.49. The maximum atomic E-state index is 13.1. The van der Waals surface area contributed by atoms with Crippen LogP contribution in [0, 0.1) is 0 Å². The molecule has 0 atom stereocenters. The average molecular weight is 471 g/mol. The van der Waals surface area contributed by atoms with Crippen molar-refractivity contribution in [3.05, 3.63) is 81.6 Å². The van der Waals surface area contributed by atoms with Crippen molar-refractivity contribution >= 4 is 34.4 Å². The number of hydrogen-bond donors (Lipinski definition) is 1. The quantitative estimate of drug-likeness (QED) is 0.484. The van der Waals surface area contributed by atoms with Gasteiger partial charge in [0.1, 0.15) is 0 Å². The summed E-state index contributed by atoms with van der Waals surface area (Å²) in [5.74, 6) is -0.646. The molecule has 168 valence electrons. The van der Waals surface area contributed by atoms with Crippen LogP contribution in [0.3, 0.4) is 0 Å². The molecule has 0 unspecified atom stereocenters. The van der Waals surface area contributed by atoms with Crippen LogP contribution >= 0.6 is 11.3 Å². The van der Waals surface area contributed by atoms with Crippen LogP contribution in [0.5, 0.6) is 0 Å². The third-order valence-electron chi connectivity index (χ3n) is 5.48. The smallest absolute Gasteiger partial charge is 0.333 e. The van der Waals surface area contributed by atoms with Gasteiger partial charge in [-0.2, -0.15) is 18.3 Å². The summed E-state index contributed by atoms with van der Waals surface area (Å²) >= 11 is 1.35. The highest BCUT2D eigenvalue weighted by atomic mass is 32.1. The molecule has 0 saturated heterocycles. The maximum Gasteiger partial charge on any atom is 0.416 e. The van der Waals surface area contributed by atoms with E-state index < -0.39 is 17.6 Å². The van der Waals surface area contributed by atoms with Crippen LogP contribution in [-0.4, -0.2) is 37.9 Å². The number of hydrogen-bond acceptors (Lipinski definition) is 5. The van der Waals surface area contributed by atoms with Gasteiger partial charge in [-0.05, 0) is 30.2 Å². The van der Waals surface area contributed by atoms with Crippen molar-refractivity contribution in [2.45, 2.75) is 19.1 Å². The number of halogens is 3. The van der Waals surface area contributed by atoms with E-state index in [2.05, 4.69) is 15.4 Å². The first kappa shape index (κ1) is 21.1. The number of fused-ring (bicyclic) bond motifs is 2. The van der Waals surface area contributed by atoms with E-state index in [-0.39, 0.29) is 11.6 Å². The molecule has 0 spiro atoms. The standard InChI is InChI=1S/C22H16F3N5O2S/c23-22(24,25)13-2-1-3-14(8-13)28-20(31)17-12-33-19-11-29(6-4-15(17)19)21(32)16-9-27-30-7-5-26-10-18(16)30/h1-3,5,7-10,12H,4,6,11H2,(H,28,31). The van der Waals surface area contributed by atoms with Crippen molar-refractivity contribution in [2.75, 3.05) is 11.9 Å². The summed E-state index contributed by atoms with van der Waals surface area (Å²) in [5.41, 5.74) is 1.54. The predicted octanol–water partition coefficient (Wildman–Crippen LogP) is 4.26. The third-order valence-corrected chi connectivity index (χ3v) is 6.50. The zero-order valence-electron chi connectivity index (χ0n) is 17.0. The minimum absolute atomic E-state index is 0.0732. The summed E-state index contributed by atoms with van der Waals surface area (Å²) < 4.78 is 40.4. The molecule has 4 heterocycles. The van der Waals surface area contributed by atoms with Crippen LogP contribution in [0.15, 0.2) is 54.4 Å². The number of nitrogens with zero attached hydrogens (tertiary/aromatic N) is 4. The number of carbonyl (C=O) groups excluding carboxylic acids is 2. The second kappa shape index (κ2) is 8.00. The van der Waals surface area contributed by atoms with Crippen LogP contribution in [0.4, 0.5) is 18.9 Å². The fourth-order valence-corrected chi connectivity index (χ4v) is 4.93. The highest BCUT2D eigenvalue weighted by Gasteiger charge is 2.31. The normalized spacial score (nSPS) is 13.7. The SMILES string of the molecule is O=C(Nc1cccc(C(F)(F)F)c1)c1csc2c1CCN(C(=O)c1cnn3ccncc13)C2. The summed E-state index contributed by atoms with van der Waals surface area (Å²) in [5, 5.41) is 8.41. The van der Waals surface area contributed by atoms with Crippen LogP contribution in [0.2, 0.25) is 0 Å². The van der Waals surface area contributed by atoms with Crippen LogP contribution < -0.4 is 5.32 Å². The molecular weight excluding hydrogens is 455 g/mol. The number of benzene rings is 1. The van der Waals surface area contributed by atoms with Gasteiger partial charge in [-0.25, -0.2) is 4.52 Å². The van der Waals surface area contributed by atoms with E-state index in [1.807, 2.05) is 0 Å². The lowest BCUT2D eigenvalue weighted by Crippen LogP contribution is -2.35. The monoisotopic (exact) mass is 471 g/mol. The highest BCUT2D eigenvalue weighted by molar-refractivity contribution is 7.10. The molecule has 0 aliphatic carbocycles. The molecule has 1 aromatic carbocycles. The van der Waals surface area contributed by atoms with Crippen molar-refractivity contribution in [1.29, 1.82) is 0 Å². The van der Waals surface area contributed by atoms with Crippen molar-refractivity contribution in [1.82, 2.24) is 19.5 Å². The molecule has 3 aromatic heterocycles. The Bertz CT molecular complexity index is 1380. The first-order valence-electron chi connectivity index (χ1n) is 9.96. The Hall–Kier alpha value is -3.73. The summed E-state index contributed by atoms with van der Waals surface area (Å²) in [6.45, 7) is 0.747. The maximum absolute atomic E-state index is 13.1. The average Bonchev–Trinajstić information content (AvgIpc) is 3.42. The Morgan fingerprint density at radius 1 is 1.15 bits per heavy atom. The second-order valence-corrected chi connectivity index (χ2v) is 8.49. The van der Waals surface area contributed by atoms with Crippen molar-refractivity contribution < 1.29 is 22.8 Å². The largest absolute Gasteiger partial charge is 0.416 e. The molecule has 4 aromatic rings. The molecule has 1 aliphatic heterocycles. The van der Waals surface area contributed by atoms with Gasteiger partial charge in [-0.1, -0.05) is 6.07 Å². The van der Waals surface area contributed by atoms with Gasteiger partial charge in [0.05, 0.1) is 41.1 Å². The molecule has 1 aliphatic rings. The molecule has 0 radical (unpaired) electrons. The van der Waals surface area contributed by atoms with Crippen LogP contribution in [0.1, 0.15) is 36.7 Å². The minimum Gasteiger partial charge on any atom is -0.333 e. The van der Waals surface area contributed by atoms with E-state index in [0.717, 1.165) is 22.6 Å². The first-order chi connectivity index (χ1) is 15.8. The van der Waals surface area contributed by atoms with Gasteiger partial charge in [0.15, 0.2) is 0 Å². The van der Waals surface area contributed by atoms with Gasteiger partial charge in [0.2, 0.25) is 0 Å². The summed E-state index contributed by atoms with van der Waals surface area (Å²) in [6, 6.07) is 4.52. The molecule has 7 nitrogen and oxygen atoms in total. The Kier molecular flexibility index (Phi) is 5.12. The van der Waals surface area contributed by atoms with Gasteiger partial charge in [-0.15, -0.1) is 11.3 Å². The zero-order valence-corrected chi connectivity index (χ0v) is 17.8. The molecule has 5 rings (SSSR count). The number of rotatable bonds is 3. The molecular formula is C22H16F3N5O2S. The Labute approximate surface area is 189 Å². The number of alkyl halides is 3. The Balaban J connectivity index is 1.33. The van der Waals surface area contributed by atoms with Gasteiger partial charge in [-0.3, -0.25) is 14.6 Å². The zero-order chi connectivity index (χ0) is 23.2. The highest BCUT2D eigenvalue weighted by Crippen LogP contribution is 2.32. The molecule has 11 heteroatoms. The molecule has 0 saturated carbocycles. The number of nitrogens with one attached hydrogen (secondary N) is 1.